The van der Waals surface area contributed by atoms with Crippen molar-refractivity contribution in [2.45, 2.75) is 0 Å². The van der Waals surface area contributed by atoms with Crippen LogP contribution in [0.4, 0.5) is 0 Å². The Morgan fingerprint density at radius 3 is 2.70 bits per heavy atom. The standard InChI is InChI=1S/C13H12N2O4S/c1-18-9-3-4-10(11(5-9)19-2)15-7-8(12(16)17)6-14-13(15)20/h3-7H,1-2H3,(H,16,17). The summed E-state index contributed by atoms with van der Waals surface area (Å²) in [5, 5.41) is 9.02. The van der Waals surface area contributed by atoms with Crippen molar-refractivity contribution in [1.29, 1.82) is 0 Å². The second kappa shape index (κ2) is 5.70. The average Bonchev–Trinajstić information content (AvgIpc) is 2.47. The minimum atomic E-state index is -1.08. The van der Waals surface area contributed by atoms with Crippen molar-refractivity contribution in [3.05, 3.63) is 40.9 Å². The van der Waals surface area contributed by atoms with Crippen LogP contribution in [0.15, 0.2) is 30.6 Å². The van der Waals surface area contributed by atoms with Crippen molar-refractivity contribution in [3.8, 4) is 17.2 Å². The van der Waals surface area contributed by atoms with Crippen molar-refractivity contribution < 1.29 is 19.4 Å². The van der Waals surface area contributed by atoms with E-state index in [4.69, 9.17) is 26.8 Å². The highest BCUT2D eigenvalue weighted by atomic mass is 32.1. The molecule has 2 rings (SSSR count). The molecule has 2 aromatic rings. The van der Waals surface area contributed by atoms with Gasteiger partial charge in [-0.05, 0) is 24.4 Å². The molecule has 1 N–H and O–H groups in total. The topological polar surface area (TPSA) is 73.6 Å². The largest absolute Gasteiger partial charge is 0.497 e. The van der Waals surface area contributed by atoms with E-state index in [0.29, 0.717) is 17.2 Å². The molecule has 0 bridgehead atoms. The zero-order chi connectivity index (χ0) is 14.7. The second-order valence-corrected chi connectivity index (χ2v) is 4.20. The fourth-order valence-electron chi connectivity index (χ4n) is 1.68. The Bertz CT molecular complexity index is 712. The van der Waals surface area contributed by atoms with Crippen LogP contribution in [0, 0.1) is 4.77 Å². The molecule has 1 aromatic carbocycles. The lowest BCUT2D eigenvalue weighted by Crippen LogP contribution is -2.06. The number of carboxylic acid groups (broad SMARTS) is 1. The normalized spacial score (nSPS) is 10.1. The van der Waals surface area contributed by atoms with Crippen LogP contribution in [-0.4, -0.2) is 34.8 Å². The van der Waals surface area contributed by atoms with Gasteiger partial charge in [0.2, 0.25) is 4.77 Å². The van der Waals surface area contributed by atoms with E-state index < -0.39 is 5.97 Å². The number of carbonyl (C=O) groups is 1. The third-order valence-corrected chi connectivity index (χ3v) is 2.98. The van der Waals surface area contributed by atoms with Gasteiger partial charge in [-0.1, -0.05) is 0 Å². The summed E-state index contributed by atoms with van der Waals surface area (Å²) in [5.74, 6) is 0.0537. The number of methoxy groups -OCH3 is 2. The van der Waals surface area contributed by atoms with Crippen LogP contribution < -0.4 is 9.47 Å². The SMILES string of the molecule is COc1ccc(-n2cc(C(=O)O)cnc2=S)c(OC)c1. The molecule has 0 spiro atoms. The Morgan fingerprint density at radius 2 is 2.10 bits per heavy atom. The lowest BCUT2D eigenvalue weighted by atomic mass is 10.2. The van der Waals surface area contributed by atoms with E-state index in [-0.39, 0.29) is 10.3 Å². The number of ether oxygens (including phenoxy) is 2. The van der Waals surface area contributed by atoms with Crippen molar-refractivity contribution in [1.82, 2.24) is 9.55 Å². The van der Waals surface area contributed by atoms with Gasteiger partial charge in [-0.15, -0.1) is 0 Å². The maximum absolute atomic E-state index is 11.0. The van der Waals surface area contributed by atoms with Crippen molar-refractivity contribution >= 4 is 18.2 Å². The van der Waals surface area contributed by atoms with Crippen molar-refractivity contribution in [3.63, 3.8) is 0 Å². The fraction of sp³-hybridized carbons (Fsp3) is 0.154. The van der Waals surface area contributed by atoms with Gasteiger partial charge in [-0.25, -0.2) is 9.78 Å². The highest BCUT2D eigenvalue weighted by molar-refractivity contribution is 7.71. The number of aromatic nitrogens is 2. The number of benzene rings is 1. The second-order valence-electron chi connectivity index (χ2n) is 3.84. The van der Waals surface area contributed by atoms with Crippen molar-refractivity contribution in [2.24, 2.45) is 0 Å². The molecule has 20 heavy (non-hydrogen) atoms. The molecule has 0 radical (unpaired) electrons. The summed E-state index contributed by atoms with van der Waals surface area (Å²) in [4.78, 5) is 14.9. The summed E-state index contributed by atoms with van der Waals surface area (Å²) in [6.07, 6.45) is 2.62. The number of hydrogen-bond donors (Lipinski definition) is 1. The van der Waals surface area contributed by atoms with Crippen molar-refractivity contribution in [2.75, 3.05) is 14.2 Å². The van der Waals surface area contributed by atoms with E-state index in [1.807, 2.05) is 0 Å². The molecule has 0 saturated carbocycles. The van der Waals surface area contributed by atoms with E-state index in [1.54, 1.807) is 25.3 Å². The third kappa shape index (κ3) is 2.62. The molecule has 0 fully saturated rings. The molecular weight excluding hydrogens is 280 g/mol. The number of carboxylic acids is 1. The van der Waals surface area contributed by atoms with Gasteiger partial charge in [0.25, 0.3) is 0 Å². The molecule has 0 saturated heterocycles. The van der Waals surface area contributed by atoms with E-state index in [2.05, 4.69) is 4.98 Å². The monoisotopic (exact) mass is 292 g/mol. The third-order valence-electron chi connectivity index (χ3n) is 2.68. The predicted octanol–water partition coefficient (Wildman–Crippen LogP) is 2.32. The zero-order valence-electron chi connectivity index (χ0n) is 10.9. The average molecular weight is 292 g/mol. The van der Waals surface area contributed by atoms with E-state index in [0.717, 1.165) is 0 Å². The molecule has 104 valence electrons. The summed E-state index contributed by atoms with van der Waals surface area (Å²) < 4.78 is 12.1. The van der Waals surface area contributed by atoms with Crippen LogP contribution in [-0.2, 0) is 0 Å². The summed E-state index contributed by atoms with van der Waals surface area (Å²) in [6.45, 7) is 0. The first-order chi connectivity index (χ1) is 9.56. The minimum Gasteiger partial charge on any atom is -0.497 e. The number of aromatic carboxylic acids is 1. The predicted molar refractivity (Wildman–Crippen MR) is 74.5 cm³/mol. The first-order valence-electron chi connectivity index (χ1n) is 5.61. The molecule has 1 aromatic heterocycles. The van der Waals surface area contributed by atoms with Gasteiger partial charge in [0.15, 0.2) is 0 Å². The molecular formula is C13H12N2O4S. The molecule has 0 aliphatic rings. The number of hydrogen-bond acceptors (Lipinski definition) is 5. The van der Waals surface area contributed by atoms with Crippen LogP contribution in [0.5, 0.6) is 11.5 Å². The Hall–Kier alpha value is -2.41. The number of nitrogens with zero attached hydrogens (tertiary/aromatic N) is 2. The van der Waals surface area contributed by atoms with Crippen LogP contribution in [0.25, 0.3) is 5.69 Å². The molecule has 0 atom stereocenters. The quantitative estimate of drug-likeness (QED) is 0.872. The van der Waals surface area contributed by atoms with Gasteiger partial charge in [-0.3, -0.25) is 4.57 Å². The molecule has 0 unspecified atom stereocenters. The molecule has 7 heteroatoms. The molecule has 0 amide bonds. The summed E-state index contributed by atoms with van der Waals surface area (Å²) >= 11 is 5.12. The molecule has 0 aliphatic carbocycles. The van der Waals surface area contributed by atoms with Crippen LogP contribution in [0.3, 0.4) is 0 Å². The first-order valence-corrected chi connectivity index (χ1v) is 6.02. The van der Waals surface area contributed by atoms with E-state index in [9.17, 15) is 4.79 Å². The molecule has 6 nitrogen and oxygen atoms in total. The Labute approximate surface area is 120 Å². The van der Waals surface area contributed by atoms with Crippen LogP contribution >= 0.6 is 12.2 Å². The van der Waals surface area contributed by atoms with Gasteiger partial charge in [0.05, 0.1) is 25.5 Å². The smallest absolute Gasteiger partial charge is 0.338 e. The van der Waals surface area contributed by atoms with E-state index in [1.165, 1.54) is 24.1 Å². The van der Waals surface area contributed by atoms with Gasteiger partial charge < -0.3 is 14.6 Å². The number of rotatable bonds is 4. The minimum absolute atomic E-state index is 0.0384. The highest BCUT2D eigenvalue weighted by Crippen LogP contribution is 2.28. The Morgan fingerprint density at radius 1 is 1.35 bits per heavy atom. The summed E-state index contributed by atoms with van der Waals surface area (Å²) in [7, 11) is 3.06. The van der Waals surface area contributed by atoms with Gasteiger partial charge >= 0.3 is 5.97 Å². The summed E-state index contributed by atoms with van der Waals surface area (Å²) in [5.41, 5.74) is 0.630. The zero-order valence-corrected chi connectivity index (χ0v) is 11.7. The summed E-state index contributed by atoms with van der Waals surface area (Å²) in [6, 6.07) is 5.14. The fourth-order valence-corrected chi connectivity index (χ4v) is 1.89. The van der Waals surface area contributed by atoms with Crippen LogP contribution in [0.2, 0.25) is 0 Å². The van der Waals surface area contributed by atoms with Gasteiger partial charge in [0.1, 0.15) is 11.5 Å². The highest BCUT2D eigenvalue weighted by Gasteiger charge is 2.11. The molecule has 1 heterocycles. The lowest BCUT2D eigenvalue weighted by Gasteiger charge is -2.13. The lowest BCUT2D eigenvalue weighted by molar-refractivity contribution is 0.0695. The Kier molecular flexibility index (Phi) is 3.99. The van der Waals surface area contributed by atoms with Gasteiger partial charge in [-0.2, -0.15) is 0 Å². The maximum Gasteiger partial charge on any atom is 0.338 e. The van der Waals surface area contributed by atoms with E-state index >= 15 is 0 Å². The molecule has 0 aliphatic heterocycles. The first kappa shape index (κ1) is 14.0. The Balaban J connectivity index is 2.64. The maximum atomic E-state index is 11.0. The van der Waals surface area contributed by atoms with Gasteiger partial charge in [0, 0.05) is 18.5 Å². The van der Waals surface area contributed by atoms with Crippen LogP contribution in [0.1, 0.15) is 10.4 Å².